The zero-order valence-corrected chi connectivity index (χ0v) is 43.0. The molecule has 1 rings (SSSR count). The van der Waals surface area contributed by atoms with Crippen molar-refractivity contribution in [2.45, 2.75) is 93.4 Å². The van der Waals surface area contributed by atoms with Gasteiger partial charge < -0.3 is 69.9 Å². The van der Waals surface area contributed by atoms with Gasteiger partial charge in [0.2, 0.25) is 0 Å². The molecule has 1 aliphatic rings. The summed E-state index contributed by atoms with van der Waals surface area (Å²) < 4.78 is 99.4. The lowest BCUT2D eigenvalue weighted by atomic mass is 10.4. The highest BCUT2D eigenvalue weighted by Crippen LogP contribution is 2.39. The van der Waals surface area contributed by atoms with Crippen LogP contribution >= 0.6 is 0 Å². The number of hydrogen-bond acceptors (Lipinski definition) is 16. The average molecular weight is 890 g/mol. The zero-order valence-electron chi connectivity index (χ0n) is 35.0. The lowest BCUT2D eigenvalue weighted by Gasteiger charge is -2.46. The second-order valence-corrected chi connectivity index (χ2v) is 40.9. The molecule has 0 aromatic rings. The molecule has 4 atom stereocenters. The summed E-state index contributed by atoms with van der Waals surface area (Å²) in [6.45, 7) is 9.16. The molecule has 24 heteroatoms. The molecule has 52 heavy (non-hydrogen) atoms. The van der Waals surface area contributed by atoms with Gasteiger partial charge in [0.25, 0.3) is 0 Å². The molecule has 0 aliphatic carbocycles. The molecule has 0 saturated carbocycles. The van der Waals surface area contributed by atoms with Crippen LogP contribution in [0.4, 0.5) is 0 Å². The molecule has 0 amide bonds. The van der Waals surface area contributed by atoms with Crippen molar-refractivity contribution < 1.29 is 69.9 Å². The Bertz CT molecular complexity index is 892. The molecule has 0 N–H and O–H groups in total. The second kappa shape index (κ2) is 22.9. The van der Waals surface area contributed by atoms with E-state index < -0.39 is 69.2 Å². The van der Waals surface area contributed by atoms with E-state index in [1.807, 2.05) is 0 Å². The standard InChI is InChI=1S/C28H72O16Si8/c1-29-49(30-2,31-3)25-21-45(13)20-18-17-19-41-46(14,22-26-50(32-4,33-5)34-6)43-48(16,24-28-52(38-10,39-11)40-12)44-47(15,42-45)23-27-51(35-7,36-8)37-9/h17-28H2,1-16H3. The molecule has 0 bridgehead atoms. The first-order chi connectivity index (χ1) is 24.4. The topological polar surface area (TPSA) is 148 Å². The van der Waals surface area contributed by atoms with Gasteiger partial charge in [0, 0.05) is 116 Å². The lowest BCUT2D eigenvalue weighted by molar-refractivity contribution is 0.122. The van der Waals surface area contributed by atoms with Gasteiger partial charge in [-0.1, -0.05) is 6.42 Å². The minimum absolute atomic E-state index is 0.478. The van der Waals surface area contributed by atoms with Gasteiger partial charge in [0.15, 0.2) is 8.32 Å². The highest BCUT2D eigenvalue weighted by Gasteiger charge is 2.55. The molecule has 0 spiro atoms. The molecule has 16 nitrogen and oxygen atoms in total. The van der Waals surface area contributed by atoms with Crippen LogP contribution in [0, 0.1) is 0 Å². The van der Waals surface area contributed by atoms with E-state index in [1.165, 1.54) is 0 Å². The first kappa shape index (κ1) is 51.1. The van der Waals surface area contributed by atoms with Crippen molar-refractivity contribution in [2.24, 2.45) is 0 Å². The van der Waals surface area contributed by atoms with Crippen LogP contribution in [0.1, 0.15) is 12.8 Å². The van der Waals surface area contributed by atoms with Crippen LogP contribution < -0.4 is 0 Å². The molecule has 1 fully saturated rings. The molecule has 312 valence electrons. The third-order valence-electron chi connectivity index (χ3n) is 10.2. The summed E-state index contributed by atoms with van der Waals surface area (Å²) in [4.78, 5) is 0. The van der Waals surface area contributed by atoms with E-state index in [9.17, 15) is 0 Å². The van der Waals surface area contributed by atoms with Crippen molar-refractivity contribution in [3.8, 4) is 0 Å². The molecule has 1 aliphatic heterocycles. The van der Waals surface area contributed by atoms with E-state index in [1.54, 1.807) is 85.3 Å². The van der Waals surface area contributed by atoms with Crippen molar-refractivity contribution in [3.05, 3.63) is 0 Å². The van der Waals surface area contributed by atoms with Gasteiger partial charge in [-0.25, -0.2) is 0 Å². The van der Waals surface area contributed by atoms with Crippen LogP contribution in [0.2, 0.25) is 80.6 Å². The van der Waals surface area contributed by atoms with Gasteiger partial charge in [-0.3, -0.25) is 0 Å². The van der Waals surface area contributed by atoms with Crippen molar-refractivity contribution in [2.75, 3.05) is 91.9 Å². The lowest BCUT2D eigenvalue weighted by Crippen LogP contribution is -2.62. The molecule has 1 heterocycles. The smallest absolute Gasteiger partial charge is 0.436 e. The van der Waals surface area contributed by atoms with E-state index in [-0.39, 0.29) is 0 Å². The first-order valence-electron chi connectivity index (χ1n) is 17.7. The maximum Gasteiger partial charge on any atom is 0.500 e. The molecular formula is C28H72O16Si8. The summed E-state index contributed by atoms with van der Waals surface area (Å²) in [6, 6.07) is 5.44. The minimum atomic E-state index is -3.23. The SMILES string of the molecule is CO[Si](CC[Si]1(C)CCCCO[Si](C)(CC[Si](OC)(OC)OC)O[Si](C)(CC[Si](OC)(OC)OC)O[Si](C)(CC[Si](OC)(OC)OC)O1)(OC)OC. The fourth-order valence-corrected chi connectivity index (χ4v) is 41.3. The summed E-state index contributed by atoms with van der Waals surface area (Å²) in [5, 5.41) is 0. The molecular weight excluding hydrogens is 817 g/mol. The minimum Gasteiger partial charge on any atom is -0.436 e. The summed E-state index contributed by atoms with van der Waals surface area (Å²) in [5.41, 5.74) is 0. The van der Waals surface area contributed by atoms with Crippen LogP contribution in [0.25, 0.3) is 0 Å². The van der Waals surface area contributed by atoms with Gasteiger partial charge in [-0.15, -0.1) is 0 Å². The monoisotopic (exact) mass is 888 g/mol. The van der Waals surface area contributed by atoms with Crippen LogP contribution in [0.15, 0.2) is 0 Å². The third-order valence-corrected chi connectivity index (χ3v) is 40.7. The Morgan fingerprint density at radius 2 is 0.673 bits per heavy atom. The number of rotatable bonds is 24. The fraction of sp³-hybridized carbons (Fsp3) is 1.00. The van der Waals surface area contributed by atoms with Crippen LogP contribution in [-0.4, -0.2) is 161 Å². The molecule has 0 aromatic carbocycles. The van der Waals surface area contributed by atoms with Crippen molar-refractivity contribution in [1.29, 1.82) is 0 Å². The van der Waals surface area contributed by atoms with Crippen LogP contribution in [0.3, 0.4) is 0 Å². The summed E-state index contributed by atoms with van der Waals surface area (Å²) >= 11 is 0. The summed E-state index contributed by atoms with van der Waals surface area (Å²) in [7, 11) is -4.23. The van der Waals surface area contributed by atoms with Gasteiger partial charge >= 0.3 is 60.9 Å². The average Bonchev–Trinajstić information content (AvgIpc) is 3.14. The third kappa shape index (κ3) is 14.8. The maximum atomic E-state index is 7.56. The van der Waals surface area contributed by atoms with E-state index in [0.717, 1.165) is 24.9 Å². The summed E-state index contributed by atoms with van der Waals surface area (Å²) in [5.74, 6) is 0. The highest BCUT2D eigenvalue weighted by atomic mass is 28.5. The van der Waals surface area contributed by atoms with E-state index in [2.05, 4.69) is 26.2 Å². The van der Waals surface area contributed by atoms with E-state index in [4.69, 9.17) is 69.9 Å². The van der Waals surface area contributed by atoms with Gasteiger partial charge in [0.1, 0.15) is 0 Å². The normalized spacial score (nSPS) is 27.7. The Morgan fingerprint density at radius 3 is 1.02 bits per heavy atom. The van der Waals surface area contributed by atoms with Gasteiger partial charge in [-0.05, 0) is 62.8 Å². The Labute approximate surface area is 323 Å². The largest absolute Gasteiger partial charge is 0.500 e. The Hall–Kier alpha value is 1.10. The quantitative estimate of drug-likeness (QED) is 0.118. The van der Waals surface area contributed by atoms with Crippen LogP contribution in [-0.2, 0) is 69.9 Å². The van der Waals surface area contributed by atoms with Crippen molar-refractivity contribution in [1.82, 2.24) is 0 Å². The number of hydrogen-bond donors (Lipinski definition) is 0. The zero-order chi connectivity index (χ0) is 39.8. The Kier molecular flexibility index (Phi) is 22.5. The molecule has 4 unspecified atom stereocenters. The second-order valence-electron chi connectivity index (χ2n) is 13.6. The Balaban J connectivity index is 3.87. The van der Waals surface area contributed by atoms with Gasteiger partial charge in [0.05, 0.1) is 0 Å². The van der Waals surface area contributed by atoms with Crippen molar-refractivity contribution in [3.63, 3.8) is 0 Å². The Morgan fingerprint density at radius 1 is 0.385 bits per heavy atom. The molecule has 1 saturated heterocycles. The van der Waals surface area contributed by atoms with Crippen LogP contribution in [0.5, 0.6) is 0 Å². The molecule has 0 aromatic heterocycles. The predicted octanol–water partition coefficient (Wildman–Crippen LogP) is 5.15. The maximum absolute atomic E-state index is 7.56. The van der Waals surface area contributed by atoms with E-state index >= 15 is 0 Å². The highest BCUT2D eigenvalue weighted by molar-refractivity contribution is 6.91. The van der Waals surface area contributed by atoms with E-state index in [0.29, 0.717) is 48.9 Å². The van der Waals surface area contributed by atoms with Gasteiger partial charge in [-0.2, -0.15) is 0 Å². The summed E-state index contributed by atoms with van der Waals surface area (Å²) in [6.07, 6.45) is 1.76. The first-order valence-corrected chi connectivity index (χ1v) is 35.9. The molecule has 0 radical (unpaired) electrons. The fourth-order valence-electron chi connectivity index (χ4n) is 6.73. The van der Waals surface area contributed by atoms with Crippen molar-refractivity contribution >= 4 is 69.2 Å². The predicted molar refractivity (Wildman–Crippen MR) is 215 cm³/mol.